The van der Waals surface area contributed by atoms with Crippen LogP contribution < -0.4 is 10.2 Å². The van der Waals surface area contributed by atoms with Crippen LogP contribution in [-0.4, -0.2) is 32.2 Å². The van der Waals surface area contributed by atoms with E-state index in [9.17, 15) is 13.2 Å². The number of hydroxylamine groups is 1. The number of ether oxygens (including phenoxy) is 1. The van der Waals surface area contributed by atoms with E-state index < -0.39 is 22.0 Å². The van der Waals surface area contributed by atoms with Crippen molar-refractivity contribution in [3.05, 3.63) is 65.7 Å². The highest BCUT2D eigenvalue weighted by molar-refractivity contribution is 7.92. The summed E-state index contributed by atoms with van der Waals surface area (Å²) >= 11 is 0. The van der Waals surface area contributed by atoms with Gasteiger partial charge < -0.3 is 4.74 Å². The van der Waals surface area contributed by atoms with Crippen molar-refractivity contribution in [1.29, 1.82) is 0 Å². The summed E-state index contributed by atoms with van der Waals surface area (Å²) < 4.78 is 32.8. The number of carbonyl (C=O) groups is 1. The Labute approximate surface area is 157 Å². The maximum atomic E-state index is 12.4. The average molecular weight is 388 g/mol. The first-order valence-electron chi connectivity index (χ1n) is 8.41. The summed E-state index contributed by atoms with van der Waals surface area (Å²) in [6.45, 7) is 0.379. The molecule has 2 aromatic carbocycles. The molecule has 0 bridgehead atoms. The summed E-state index contributed by atoms with van der Waals surface area (Å²) in [5, 5.41) is 8.74. The van der Waals surface area contributed by atoms with Gasteiger partial charge in [0.1, 0.15) is 6.10 Å². The molecule has 0 spiro atoms. The lowest BCUT2D eigenvalue weighted by atomic mass is 9.99. The van der Waals surface area contributed by atoms with Gasteiger partial charge in [0.05, 0.1) is 11.5 Å². The molecule has 1 unspecified atom stereocenters. The van der Waals surface area contributed by atoms with Crippen molar-refractivity contribution in [3.8, 4) is 0 Å². The van der Waals surface area contributed by atoms with Crippen molar-refractivity contribution in [3.63, 3.8) is 0 Å². The summed E-state index contributed by atoms with van der Waals surface area (Å²) in [6, 6.07) is 15.2. The Hall–Kier alpha value is -2.68. The second-order valence-corrected chi connectivity index (χ2v) is 7.82. The van der Waals surface area contributed by atoms with Crippen LogP contribution in [0.2, 0.25) is 0 Å². The van der Waals surface area contributed by atoms with Crippen molar-refractivity contribution in [1.82, 2.24) is 5.48 Å². The topological polar surface area (TPSA) is 105 Å². The smallest absolute Gasteiger partial charge is 0.272 e. The number of benzene rings is 2. The number of anilines is 1. The Morgan fingerprint density at radius 2 is 1.93 bits per heavy atom. The van der Waals surface area contributed by atoms with Crippen molar-refractivity contribution in [2.45, 2.75) is 23.8 Å². The summed E-state index contributed by atoms with van der Waals surface area (Å²) in [6.07, 6.45) is 2.21. The quantitative estimate of drug-likeness (QED) is 0.539. The number of amides is 1. The van der Waals surface area contributed by atoms with Gasteiger partial charge in [-0.1, -0.05) is 42.0 Å². The van der Waals surface area contributed by atoms with Gasteiger partial charge in [0.15, 0.2) is 0 Å². The molecule has 1 fully saturated rings. The van der Waals surface area contributed by atoms with Crippen molar-refractivity contribution < 1.29 is 23.2 Å². The molecule has 0 radical (unpaired) electrons. The normalized spacial score (nSPS) is 18.9. The first kappa shape index (κ1) is 19.1. The summed E-state index contributed by atoms with van der Waals surface area (Å²) in [4.78, 5) is 11.7. The third-order valence-electron chi connectivity index (χ3n) is 4.16. The number of carbonyl (C=O) groups excluding carboxylic acids is 1. The highest BCUT2D eigenvalue weighted by Gasteiger charge is 2.24. The van der Waals surface area contributed by atoms with Gasteiger partial charge in [-0.2, -0.15) is 0 Å². The first-order valence-corrected chi connectivity index (χ1v) is 9.89. The molecule has 7 nitrogen and oxygen atoms in total. The lowest BCUT2D eigenvalue weighted by Crippen LogP contribution is -2.37. The fourth-order valence-electron chi connectivity index (χ4n) is 2.84. The highest BCUT2D eigenvalue weighted by atomic mass is 32.2. The van der Waals surface area contributed by atoms with E-state index in [1.807, 2.05) is 12.1 Å². The minimum absolute atomic E-state index is 0.191. The Bertz CT molecular complexity index is 942. The van der Waals surface area contributed by atoms with Crippen LogP contribution in [0.5, 0.6) is 0 Å². The van der Waals surface area contributed by atoms with Crippen LogP contribution in [-0.2, 0) is 19.6 Å². The Kier molecular flexibility index (Phi) is 5.90. The molecule has 27 heavy (non-hydrogen) atoms. The summed E-state index contributed by atoms with van der Waals surface area (Å²) in [7, 11) is -3.66. The van der Waals surface area contributed by atoms with Gasteiger partial charge in [-0.3, -0.25) is 14.7 Å². The van der Waals surface area contributed by atoms with Crippen LogP contribution in [0.4, 0.5) is 5.69 Å². The van der Waals surface area contributed by atoms with Gasteiger partial charge in [-0.25, -0.2) is 13.9 Å². The number of hydrogen-bond donors (Lipinski definition) is 3. The van der Waals surface area contributed by atoms with E-state index in [4.69, 9.17) is 9.94 Å². The van der Waals surface area contributed by atoms with Crippen molar-refractivity contribution >= 4 is 27.7 Å². The van der Waals surface area contributed by atoms with E-state index in [-0.39, 0.29) is 4.90 Å². The van der Waals surface area contributed by atoms with E-state index >= 15 is 0 Å². The molecule has 1 aliphatic heterocycles. The lowest BCUT2D eigenvalue weighted by molar-refractivity contribution is -0.142. The van der Waals surface area contributed by atoms with Gasteiger partial charge in [0.2, 0.25) is 0 Å². The molecule has 8 heteroatoms. The fourth-order valence-corrected chi connectivity index (χ4v) is 3.91. The van der Waals surface area contributed by atoms with Gasteiger partial charge in [0.25, 0.3) is 15.9 Å². The van der Waals surface area contributed by atoms with Crippen molar-refractivity contribution in [2.24, 2.45) is 0 Å². The third kappa shape index (κ3) is 4.94. The Morgan fingerprint density at radius 1 is 1.15 bits per heavy atom. The molecule has 1 saturated heterocycles. The van der Waals surface area contributed by atoms with E-state index in [1.54, 1.807) is 41.9 Å². The van der Waals surface area contributed by atoms with E-state index in [0.717, 1.165) is 11.1 Å². The van der Waals surface area contributed by atoms with Gasteiger partial charge in [-0.05, 0) is 36.2 Å². The highest BCUT2D eigenvalue weighted by Crippen LogP contribution is 2.24. The summed E-state index contributed by atoms with van der Waals surface area (Å²) in [5.41, 5.74) is 3.84. The third-order valence-corrected chi connectivity index (χ3v) is 5.55. The molecule has 142 valence electrons. The minimum atomic E-state index is -3.66. The zero-order chi connectivity index (χ0) is 19.3. The zero-order valence-corrected chi connectivity index (χ0v) is 15.3. The van der Waals surface area contributed by atoms with E-state index in [2.05, 4.69) is 4.72 Å². The molecule has 0 saturated carbocycles. The number of rotatable bonds is 5. The van der Waals surface area contributed by atoms with Crippen LogP contribution in [0.25, 0.3) is 6.08 Å². The van der Waals surface area contributed by atoms with Crippen molar-refractivity contribution in [2.75, 3.05) is 11.3 Å². The zero-order valence-electron chi connectivity index (χ0n) is 14.5. The standard InChI is InChI=1S/C19H20N2O5S/c22-19(20-23)18-13-15(9-10-26-18)11-14-5-4-6-16(12-14)21-27(24,25)17-7-2-1-3-8-17/h1-8,11-12,18,21,23H,9-10,13H2,(H,20,22)/b15-11+. The first-order chi connectivity index (χ1) is 13.0. The number of nitrogens with one attached hydrogen (secondary N) is 2. The minimum Gasteiger partial charge on any atom is -0.368 e. The fraction of sp³-hybridized carbons (Fsp3) is 0.211. The SMILES string of the molecule is O=C(NO)C1C/C(=C/c2cccc(NS(=O)(=O)c3ccccc3)c2)CCO1. The second-order valence-electron chi connectivity index (χ2n) is 6.14. The number of hydrogen-bond acceptors (Lipinski definition) is 5. The van der Waals surface area contributed by atoms with E-state index in [0.29, 0.717) is 25.1 Å². The molecular formula is C19H20N2O5S. The van der Waals surface area contributed by atoms with Gasteiger partial charge >= 0.3 is 0 Å². The van der Waals surface area contributed by atoms with Crippen LogP contribution in [0.3, 0.4) is 0 Å². The van der Waals surface area contributed by atoms with Crippen LogP contribution >= 0.6 is 0 Å². The van der Waals surface area contributed by atoms with Gasteiger partial charge in [0, 0.05) is 12.1 Å². The van der Waals surface area contributed by atoms with Crippen LogP contribution in [0, 0.1) is 0 Å². The molecule has 3 N–H and O–H groups in total. The van der Waals surface area contributed by atoms with Crippen LogP contribution in [0.1, 0.15) is 18.4 Å². The summed E-state index contributed by atoms with van der Waals surface area (Å²) in [5.74, 6) is -0.579. The molecule has 0 aromatic heterocycles. The average Bonchev–Trinajstić information content (AvgIpc) is 2.68. The number of sulfonamides is 1. The lowest BCUT2D eigenvalue weighted by Gasteiger charge is -2.23. The largest absolute Gasteiger partial charge is 0.368 e. The molecule has 1 heterocycles. The predicted octanol–water partition coefficient (Wildman–Crippen LogP) is 2.56. The molecular weight excluding hydrogens is 368 g/mol. The Morgan fingerprint density at radius 3 is 2.67 bits per heavy atom. The molecule has 1 aliphatic rings. The molecule has 0 aliphatic carbocycles. The second kappa shape index (κ2) is 8.34. The monoisotopic (exact) mass is 388 g/mol. The molecule has 1 amide bonds. The maximum absolute atomic E-state index is 12.4. The van der Waals surface area contributed by atoms with Crippen LogP contribution in [0.15, 0.2) is 65.1 Å². The molecule has 2 aromatic rings. The molecule has 1 atom stereocenters. The van der Waals surface area contributed by atoms with E-state index in [1.165, 1.54) is 12.1 Å². The maximum Gasteiger partial charge on any atom is 0.272 e. The van der Waals surface area contributed by atoms with Gasteiger partial charge in [-0.15, -0.1) is 0 Å². The Balaban J connectivity index is 1.77. The molecule has 3 rings (SSSR count). The predicted molar refractivity (Wildman–Crippen MR) is 101 cm³/mol.